The van der Waals surface area contributed by atoms with Crippen LogP contribution < -0.4 is 11.1 Å². The fraction of sp³-hybridized carbons (Fsp3) is 0.562. The van der Waals surface area contributed by atoms with E-state index >= 15 is 0 Å². The largest absolute Gasteiger partial charge is 0.399 e. The van der Waals surface area contributed by atoms with E-state index in [-0.39, 0.29) is 24.3 Å². The van der Waals surface area contributed by atoms with Crippen LogP contribution in [0.5, 0.6) is 0 Å². The molecule has 116 valence electrons. The second-order valence-electron chi connectivity index (χ2n) is 6.46. The van der Waals surface area contributed by atoms with Crippen LogP contribution in [0.2, 0.25) is 0 Å². The number of rotatable bonds is 4. The zero-order valence-corrected chi connectivity index (χ0v) is 12.6. The minimum absolute atomic E-state index is 0.0562. The average Bonchev–Trinajstić information content (AvgIpc) is 2.42. The van der Waals surface area contributed by atoms with Crippen molar-refractivity contribution in [2.24, 2.45) is 5.41 Å². The first-order valence-corrected chi connectivity index (χ1v) is 7.32. The summed E-state index contributed by atoms with van der Waals surface area (Å²) >= 11 is 0. The predicted molar refractivity (Wildman–Crippen MR) is 81.4 cm³/mol. The molecule has 0 aromatic heterocycles. The van der Waals surface area contributed by atoms with Gasteiger partial charge in [0.25, 0.3) is 0 Å². The summed E-state index contributed by atoms with van der Waals surface area (Å²) in [4.78, 5) is 11.8. The monoisotopic (exact) mass is 294 g/mol. The summed E-state index contributed by atoms with van der Waals surface area (Å²) in [5.41, 5.74) is 6.43. The van der Waals surface area contributed by atoms with Crippen LogP contribution in [-0.4, -0.2) is 18.6 Å². The van der Waals surface area contributed by atoms with Gasteiger partial charge in [-0.1, -0.05) is 13.8 Å². The molecule has 0 heterocycles. The van der Waals surface area contributed by atoms with Gasteiger partial charge in [-0.05, 0) is 49.3 Å². The number of halogens is 1. The van der Waals surface area contributed by atoms with Gasteiger partial charge in [-0.2, -0.15) is 0 Å². The molecule has 5 heteroatoms. The third kappa shape index (κ3) is 4.70. The SMILES string of the molecule is CC1(C)CCC(OCC(=O)Nc2cc(N)ccc2F)CC1. The van der Waals surface area contributed by atoms with Gasteiger partial charge in [0.15, 0.2) is 0 Å². The van der Waals surface area contributed by atoms with Crippen molar-refractivity contribution in [3.8, 4) is 0 Å². The predicted octanol–water partition coefficient (Wildman–Crippen LogP) is 3.33. The van der Waals surface area contributed by atoms with Gasteiger partial charge < -0.3 is 15.8 Å². The van der Waals surface area contributed by atoms with Crippen molar-refractivity contribution < 1.29 is 13.9 Å². The molecule has 1 aliphatic rings. The lowest BCUT2D eigenvalue weighted by molar-refractivity contribution is -0.123. The molecule has 0 bridgehead atoms. The highest BCUT2D eigenvalue weighted by Gasteiger charge is 2.27. The average molecular weight is 294 g/mol. The molecular formula is C16H23FN2O2. The lowest BCUT2D eigenvalue weighted by atomic mass is 9.76. The Morgan fingerprint density at radius 3 is 2.76 bits per heavy atom. The molecule has 1 amide bonds. The van der Waals surface area contributed by atoms with Gasteiger partial charge in [-0.3, -0.25) is 4.79 Å². The summed E-state index contributed by atoms with van der Waals surface area (Å²) in [7, 11) is 0. The lowest BCUT2D eigenvalue weighted by Crippen LogP contribution is -2.29. The van der Waals surface area contributed by atoms with Gasteiger partial charge >= 0.3 is 0 Å². The Balaban J connectivity index is 1.79. The van der Waals surface area contributed by atoms with E-state index in [0.29, 0.717) is 11.1 Å². The number of hydrogen-bond acceptors (Lipinski definition) is 3. The first-order chi connectivity index (χ1) is 9.85. The van der Waals surface area contributed by atoms with Crippen molar-refractivity contribution >= 4 is 17.3 Å². The van der Waals surface area contributed by atoms with E-state index in [2.05, 4.69) is 19.2 Å². The Kier molecular flexibility index (Phi) is 4.83. The maximum absolute atomic E-state index is 13.5. The van der Waals surface area contributed by atoms with Crippen molar-refractivity contribution in [1.29, 1.82) is 0 Å². The highest BCUT2D eigenvalue weighted by molar-refractivity contribution is 5.92. The Bertz CT molecular complexity index is 507. The summed E-state index contributed by atoms with van der Waals surface area (Å²) in [6, 6.07) is 4.08. The van der Waals surface area contributed by atoms with Crippen LogP contribution in [0.25, 0.3) is 0 Å². The van der Waals surface area contributed by atoms with Gasteiger partial charge in [0.05, 0.1) is 11.8 Å². The van der Waals surface area contributed by atoms with E-state index in [1.165, 1.54) is 18.2 Å². The maximum Gasteiger partial charge on any atom is 0.250 e. The second kappa shape index (κ2) is 6.43. The second-order valence-corrected chi connectivity index (χ2v) is 6.46. The molecule has 0 unspecified atom stereocenters. The van der Waals surface area contributed by atoms with E-state index in [9.17, 15) is 9.18 Å². The zero-order valence-electron chi connectivity index (χ0n) is 12.6. The highest BCUT2D eigenvalue weighted by atomic mass is 19.1. The van der Waals surface area contributed by atoms with E-state index in [1.807, 2.05) is 0 Å². The lowest BCUT2D eigenvalue weighted by Gasteiger charge is -2.34. The third-order valence-corrected chi connectivity index (χ3v) is 4.00. The number of carbonyl (C=O) groups excluding carboxylic acids is 1. The zero-order chi connectivity index (χ0) is 15.5. The minimum Gasteiger partial charge on any atom is -0.399 e. The summed E-state index contributed by atoms with van der Waals surface area (Å²) in [5.74, 6) is -0.860. The molecule has 1 aliphatic carbocycles. The number of anilines is 2. The van der Waals surface area contributed by atoms with Crippen LogP contribution in [-0.2, 0) is 9.53 Å². The molecule has 0 spiro atoms. The number of benzene rings is 1. The molecule has 3 N–H and O–H groups in total. The molecule has 2 rings (SSSR count). The fourth-order valence-electron chi connectivity index (χ4n) is 2.56. The topological polar surface area (TPSA) is 64.3 Å². The molecule has 1 saturated carbocycles. The highest BCUT2D eigenvalue weighted by Crippen LogP contribution is 2.36. The first kappa shape index (κ1) is 15.8. The molecule has 0 aliphatic heterocycles. The number of hydrogen-bond donors (Lipinski definition) is 2. The molecule has 0 saturated heterocycles. The molecule has 0 atom stereocenters. The molecular weight excluding hydrogens is 271 g/mol. The third-order valence-electron chi connectivity index (χ3n) is 4.00. The van der Waals surface area contributed by atoms with Crippen molar-refractivity contribution in [2.75, 3.05) is 17.7 Å². The van der Waals surface area contributed by atoms with E-state index in [1.54, 1.807) is 0 Å². The van der Waals surface area contributed by atoms with Crippen LogP contribution in [0, 0.1) is 11.2 Å². The number of nitrogens with two attached hydrogens (primary N) is 1. The van der Waals surface area contributed by atoms with Gasteiger partial charge in [-0.15, -0.1) is 0 Å². The number of nitrogen functional groups attached to an aromatic ring is 1. The molecule has 4 nitrogen and oxygen atoms in total. The quantitative estimate of drug-likeness (QED) is 0.837. The standard InChI is InChI=1S/C16H23FN2O2/c1-16(2)7-5-12(6-8-16)21-10-15(20)19-14-9-11(18)3-4-13(14)17/h3-4,9,12H,5-8,10,18H2,1-2H3,(H,19,20). The smallest absolute Gasteiger partial charge is 0.250 e. The van der Waals surface area contributed by atoms with Gasteiger partial charge in [-0.25, -0.2) is 4.39 Å². The summed E-state index contributed by atoms with van der Waals surface area (Å²) in [5, 5.41) is 2.49. The molecule has 1 fully saturated rings. The summed E-state index contributed by atoms with van der Waals surface area (Å²) in [6.45, 7) is 4.44. The fourth-order valence-corrected chi connectivity index (χ4v) is 2.56. The molecule has 21 heavy (non-hydrogen) atoms. The summed E-state index contributed by atoms with van der Waals surface area (Å²) in [6.07, 6.45) is 4.25. The van der Waals surface area contributed by atoms with Crippen molar-refractivity contribution in [3.63, 3.8) is 0 Å². The normalized spacial score (nSPS) is 18.4. The number of nitrogens with one attached hydrogen (secondary N) is 1. The Morgan fingerprint density at radius 2 is 2.10 bits per heavy atom. The van der Waals surface area contributed by atoms with Gasteiger partial charge in [0, 0.05) is 5.69 Å². The first-order valence-electron chi connectivity index (χ1n) is 7.32. The van der Waals surface area contributed by atoms with Crippen molar-refractivity contribution in [3.05, 3.63) is 24.0 Å². The summed E-state index contributed by atoms with van der Waals surface area (Å²) < 4.78 is 19.1. The van der Waals surface area contributed by atoms with E-state index in [4.69, 9.17) is 10.5 Å². The van der Waals surface area contributed by atoms with Crippen LogP contribution in [0.15, 0.2) is 18.2 Å². The van der Waals surface area contributed by atoms with E-state index in [0.717, 1.165) is 25.7 Å². The van der Waals surface area contributed by atoms with Crippen LogP contribution in [0.4, 0.5) is 15.8 Å². The van der Waals surface area contributed by atoms with Gasteiger partial charge in [0.1, 0.15) is 12.4 Å². The number of ether oxygens (including phenoxy) is 1. The van der Waals surface area contributed by atoms with Crippen molar-refractivity contribution in [2.45, 2.75) is 45.6 Å². The van der Waals surface area contributed by atoms with Crippen LogP contribution >= 0.6 is 0 Å². The number of amides is 1. The molecule has 1 aromatic rings. The maximum atomic E-state index is 13.5. The Hall–Kier alpha value is -1.62. The minimum atomic E-state index is -0.503. The Labute approximate surface area is 124 Å². The van der Waals surface area contributed by atoms with Gasteiger partial charge in [0.2, 0.25) is 5.91 Å². The Morgan fingerprint density at radius 1 is 1.43 bits per heavy atom. The molecule has 1 aromatic carbocycles. The molecule has 0 radical (unpaired) electrons. The van der Waals surface area contributed by atoms with Crippen molar-refractivity contribution in [1.82, 2.24) is 0 Å². The van der Waals surface area contributed by atoms with Crippen LogP contribution in [0.1, 0.15) is 39.5 Å². The van der Waals surface area contributed by atoms with E-state index < -0.39 is 5.82 Å². The van der Waals surface area contributed by atoms with Crippen LogP contribution in [0.3, 0.4) is 0 Å². The number of carbonyl (C=O) groups is 1.